The third-order valence-corrected chi connectivity index (χ3v) is 1.78. The van der Waals surface area contributed by atoms with Crippen LogP contribution in [0.4, 0.5) is 0 Å². The molecule has 5 nitrogen and oxygen atoms in total. The summed E-state index contributed by atoms with van der Waals surface area (Å²) in [5.74, 6) is -0.879. The van der Waals surface area contributed by atoms with Gasteiger partial charge >= 0.3 is 5.97 Å². The van der Waals surface area contributed by atoms with E-state index < -0.39 is 5.97 Å². The van der Waals surface area contributed by atoms with E-state index in [9.17, 15) is 4.79 Å². The second-order valence-electron chi connectivity index (χ2n) is 3.29. The van der Waals surface area contributed by atoms with Crippen LogP contribution in [0.3, 0.4) is 0 Å². The molecule has 0 spiro atoms. The van der Waals surface area contributed by atoms with Crippen molar-refractivity contribution in [3.63, 3.8) is 0 Å². The lowest BCUT2D eigenvalue weighted by atomic mass is 10.2. The van der Waals surface area contributed by atoms with Crippen LogP contribution in [-0.2, 0) is 4.74 Å². The Bertz CT molecular complexity index is 339. The zero-order chi connectivity index (χ0) is 15.6. The number of carbonyl (C=O) groups is 1. The number of unbranched alkanes of at least 4 members (excludes halogenated alkanes) is 1. The van der Waals surface area contributed by atoms with Crippen molar-refractivity contribution in [2.75, 3.05) is 13.2 Å². The highest BCUT2D eigenvalue weighted by atomic mass is 16.5. The lowest BCUT2D eigenvalue weighted by Crippen LogP contribution is -1.93. The van der Waals surface area contributed by atoms with Crippen LogP contribution in [0.2, 0.25) is 0 Å². The van der Waals surface area contributed by atoms with Gasteiger partial charge in [-0.15, -0.1) is 0 Å². The van der Waals surface area contributed by atoms with Gasteiger partial charge in [0.05, 0.1) is 18.1 Å². The number of hydrogen-bond acceptors (Lipinski definition) is 4. The summed E-state index contributed by atoms with van der Waals surface area (Å²) in [6, 6.07) is 8.30. The average molecular weight is 282 g/mol. The molecule has 0 atom stereocenters. The van der Waals surface area contributed by atoms with Crippen molar-refractivity contribution >= 4 is 5.97 Å². The molecule has 1 aromatic carbocycles. The van der Waals surface area contributed by atoms with Crippen molar-refractivity contribution < 1.29 is 24.9 Å². The third kappa shape index (κ3) is 15.9. The largest absolute Gasteiger partial charge is 0.478 e. The number of aliphatic hydroxyl groups excluding tert-OH is 2. The second kappa shape index (κ2) is 16.9. The van der Waals surface area contributed by atoms with Crippen molar-refractivity contribution in [2.24, 2.45) is 0 Å². The van der Waals surface area contributed by atoms with Crippen LogP contribution < -0.4 is 0 Å². The van der Waals surface area contributed by atoms with Crippen molar-refractivity contribution in [3.8, 4) is 0 Å². The second-order valence-corrected chi connectivity index (χ2v) is 3.29. The van der Waals surface area contributed by atoms with E-state index in [0.29, 0.717) is 5.56 Å². The number of carboxylic acids is 1. The SMILES string of the molecule is C=COC=C.O=C(O)c1ccccc1.OCCCCO. The highest BCUT2D eigenvalue weighted by Crippen LogP contribution is 1.96. The Morgan fingerprint density at radius 1 is 1.05 bits per heavy atom. The van der Waals surface area contributed by atoms with Gasteiger partial charge in [0, 0.05) is 13.2 Å². The molecule has 1 rings (SSSR count). The quantitative estimate of drug-likeness (QED) is 0.551. The molecule has 1 aromatic rings. The molecule has 0 radical (unpaired) electrons. The summed E-state index contributed by atoms with van der Waals surface area (Å²) >= 11 is 0. The molecule has 0 aliphatic heterocycles. The van der Waals surface area contributed by atoms with Crippen LogP contribution >= 0.6 is 0 Å². The zero-order valence-corrected chi connectivity index (χ0v) is 11.4. The first-order chi connectivity index (χ1) is 9.63. The fraction of sp³-hybridized carbons (Fsp3) is 0.267. The summed E-state index contributed by atoms with van der Waals surface area (Å²) in [5.41, 5.74) is 0.331. The van der Waals surface area contributed by atoms with E-state index in [1.165, 1.54) is 12.5 Å². The van der Waals surface area contributed by atoms with Crippen molar-refractivity contribution in [2.45, 2.75) is 12.8 Å². The van der Waals surface area contributed by atoms with Crippen LogP contribution in [0.1, 0.15) is 23.2 Å². The molecule has 20 heavy (non-hydrogen) atoms. The van der Waals surface area contributed by atoms with E-state index >= 15 is 0 Å². The first-order valence-electron chi connectivity index (χ1n) is 6.01. The number of hydrogen-bond donors (Lipinski definition) is 3. The summed E-state index contributed by atoms with van der Waals surface area (Å²) in [6.07, 6.45) is 4.06. The standard InChI is InChI=1S/C7H6O2.C4H10O2.C4H6O/c8-7(9)6-4-2-1-3-5-6;5-3-1-2-4-6;1-3-5-4-2/h1-5H,(H,8,9);5-6H,1-4H2;3-4H,1-2H2. The molecule has 3 N–H and O–H groups in total. The van der Waals surface area contributed by atoms with Gasteiger partial charge in [0.25, 0.3) is 0 Å². The molecule has 0 unspecified atom stereocenters. The lowest BCUT2D eigenvalue weighted by molar-refractivity contribution is 0.0697. The minimum absolute atomic E-state index is 0.195. The van der Waals surface area contributed by atoms with Gasteiger partial charge in [0.2, 0.25) is 0 Å². The Morgan fingerprint density at radius 2 is 1.50 bits per heavy atom. The highest BCUT2D eigenvalue weighted by Gasteiger charge is 1.96. The summed E-state index contributed by atoms with van der Waals surface area (Å²) in [4.78, 5) is 10.2. The van der Waals surface area contributed by atoms with E-state index in [1.807, 2.05) is 0 Å². The Labute approximate surface area is 119 Å². The number of aromatic carboxylic acids is 1. The van der Waals surface area contributed by atoms with Crippen molar-refractivity contribution in [3.05, 3.63) is 61.6 Å². The van der Waals surface area contributed by atoms with E-state index in [4.69, 9.17) is 15.3 Å². The van der Waals surface area contributed by atoms with Gasteiger partial charge in [-0.1, -0.05) is 31.4 Å². The number of rotatable bonds is 6. The first kappa shape index (κ1) is 20.2. The molecule has 5 heteroatoms. The molecule has 0 aromatic heterocycles. The third-order valence-electron chi connectivity index (χ3n) is 1.78. The van der Waals surface area contributed by atoms with Crippen LogP contribution in [-0.4, -0.2) is 34.5 Å². The smallest absolute Gasteiger partial charge is 0.335 e. The maximum absolute atomic E-state index is 10.2. The Kier molecular flexibility index (Phi) is 17.1. The number of ether oxygens (including phenoxy) is 1. The molecular weight excluding hydrogens is 260 g/mol. The molecule has 0 saturated heterocycles. The molecule has 0 bridgehead atoms. The molecule has 0 amide bonds. The van der Waals surface area contributed by atoms with Crippen molar-refractivity contribution in [1.82, 2.24) is 0 Å². The van der Waals surface area contributed by atoms with E-state index in [2.05, 4.69) is 17.9 Å². The predicted molar refractivity (Wildman–Crippen MR) is 78.3 cm³/mol. The number of benzene rings is 1. The van der Waals surface area contributed by atoms with Crippen LogP contribution in [0.25, 0.3) is 0 Å². The monoisotopic (exact) mass is 282 g/mol. The fourth-order valence-corrected chi connectivity index (χ4v) is 0.872. The van der Waals surface area contributed by atoms with Gasteiger partial charge in [-0.25, -0.2) is 4.79 Å². The number of aliphatic hydroxyl groups is 2. The van der Waals surface area contributed by atoms with E-state index in [-0.39, 0.29) is 13.2 Å². The topological polar surface area (TPSA) is 87.0 Å². The summed E-state index contributed by atoms with van der Waals surface area (Å²) < 4.78 is 4.36. The maximum Gasteiger partial charge on any atom is 0.335 e. The summed E-state index contributed by atoms with van der Waals surface area (Å²) in [5, 5.41) is 24.6. The van der Waals surface area contributed by atoms with Crippen LogP contribution in [0.15, 0.2) is 56.0 Å². The van der Waals surface area contributed by atoms with Crippen LogP contribution in [0, 0.1) is 0 Å². The van der Waals surface area contributed by atoms with Gasteiger partial charge in [0.1, 0.15) is 0 Å². The molecule has 112 valence electrons. The van der Waals surface area contributed by atoms with Crippen LogP contribution in [0.5, 0.6) is 0 Å². The maximum atomic E-state index is 10.2. The minimum atomic E-state index is -0.879. The van der Waals surface area contributed by atoms with E-state index in [1.54, 1.807) is 30.3 Å². The molecule has 0 aliphatic rings. The van der Waals surface area contributed by atoms with Gasteiger partial charge in [-0.05, 0) is 25.0 Å². The Morgan fingerprint density at radius 3 is 1.70 bits per heavy atom. The predicted octanol–water partition coefficient (Wildman–Crippen LogP) is 2.43. The Hall–Kier alpha value is -2.11. The fourth-order valence-electron chi connectivity index (χ4n) is 0.872. The van der Waals surface area contributed by atoms with Gasteiger partial charge in [0.15, 0.2) is 0 Å². The normalized spacial score (nSPS) is 8.10. The molecule has 0 aliphatic carbocycles. The number of carboxylic acid groups (broad SMARTS) is 1. The minimum Gasteiger partial charge on any atom is -0.478 e. The average Bonchev–Trinajstić information content (AvgIpc) is 2.48. The Balaban J connectivity index is 0. The van der Waals surface area contributed by atoms with Gasteiger partial charge in [-0.3, -0.25) is 0 Å². The zero-order valence-electron chi connectivity index (χ0n) is 11.4. The molecular formula is C15H22O5. The van der Waals surface area contributed by atoms with E-state index in [0.717, 1.165) is 12.8 Å². The van der Waals surface area contributed by atoms with Gasteiger partial charge in [-0.2, -0.15) is 0 Å². The lowest BCUT2D eigenvalue weighted by Gasteiger charge is -1.88. The van der Waals surface area contributed by atoms with Crippen molar-refractivity contribution in [1.29, 1.82) is 0 Å². The molecule has 0 heterocycles. The van der Waals surface area contributed by atoms with Gasteiger partial charge < -0.3 is 20.1 Å². The first-order valence-corrected chi connectivity index (χ1v) is 6.01. The summed E-state index contributed by atoms with van der Waals surface area (Å²) in [6.45, 7) is 6.90. The molecule has 0 saturated carbocycles. The highest BCUT2D eigenvalue weighted by molar-refractivity contribution is 5.87. The summed E-state index contributed by atoms with van der Waals surface area (Å²) in [7, 11) is 0. The molecule has 0 fully saturated rings.